The van der Waals surface area contributed by atoms with Crippen LogP contribution in [-0.2, 0) is 23.7 Å². The van der Waals surface area contributed by atoms with Crippen molar-refractivity contribution in [3.63, 3.8) is 0 Å². The minimum atomic E-state index is -0.678. The second-order valence-electron chi connectivity index (χ2n) is 28.9. The highest BCUT2D eigenvalue weighted by Gasteiger charge is 2.31. The summed E-state index contributed by atoms with van der Waals surface area (Å²) < 4.78 is 21.6. The highest BCUT2D eigenvalue weighted by molar-refractivity contribution is 5.80. The van der Waals surface area contributed by atoms with Gasteiger partial charge in [-0.1, -0.05) is 121 Å². The normalized spacial score (nSPS) is 19.6. The standard InChI is InChI=1S/2C19H30N2O2.C19H29N2O2.C11H19NO3.C8H11N/c3*1-15(16-9-6-5-7-10-16)20-17-11-8-13-21(14-12-17)18(22)23-19(2,3)4;1-11(2,3)15-10(14)12-7-4-5-9(13)6-8-12;1-7(9)8-5-3-2-4-6-8/h2*5-7,9-10,15,17,20H,8,11-14H2,1-4H3;5-7,9-10,15,17,20H,2,8,11-14H2,1,3-4H3;4-8H2,1-3H3;2-7H,9H2,1H3/q;;+1;;/t15-,17?;15-,17-;15-,17+;;7-/m111.1/s1. The maximum Gasteiger partial charge on any atom is 0.413 e. The third-order valence-corrected chi connectivity index (χ3v) is 16.0. The number of carbonyl (C=O) groups excluding carboxylic acids is 5. The van der Waals surface area contributed by atoms with E-state index in [9.17, 15) is 24.0 Å². The van der Waals surface area contributed by atoms with E-state index in [2.05, 4.69) is 116 Å². The molecule has 4 saturated heterocycles. The minimum Gasteiger partial charge on any atom is -0.444 e. The Morgan fingerprint density at radius 3 is 0.935 bits per heavy atom. The van der Waals surface area contributed by atoms with Gasteiger partial charge in [0.2, 0.25) is 5.60 Å². The van der Waals surface area contributed by atoms with E-state index in [1.54, 1.807) is 18.7 Å². The van der Waals surface area contributed by atoms with Crippen LogP contribution in [0.4, 0.5) is 19.2 Å². The Hall–Kier alpha value is -6.66. The van der Waals surface area contributed by atoms with Gasteiger partial charge >= 0.3 is 24.4 Å². The third-order valence-electron chi connectivity index (χ3n) is 16.0. The number of Topliss-reactive ketones (excluding diaryl/α,β-unsaturated/α-hetero) is 1. The lowest BCUT2D eigenvalue weighted by atomic mass is 10.0. The number of benzene rings is 4. The number of nitrogens with zero attached hydrogens (tertiary/aromatic N) is 4. The average molecular weight is 1290 g/mol. The second kappa shape index (κ2) is 39.3. The summed E-state index contributed by atoms with van der Waals surface area (Å²) in [5.41, 5.74) is 8.72. The van der Waals surface area contributed by atoms with Crippen LogP contribution in [0.1, 0.15) is 227 Å². The molecule has 17 nitrogen and oxygen atoms in total. The quantitative estimate of drug-likeness (QED) is 0.0818. The van der Waals surface area contributed by atoms with Crippen molar-refractivity contribution in [2.45, 2.75) is 246 Å². The summed E-state index contributed by atoms with van der Waals surface area (Å²) in [5.74, 6) is 0.237. The lowest BCUT2D eigenvalue weighted by Crippen LogP contribution is -2.38. The van der Waals surface area contributed by atoms with Gasteiger partial charge < -0.3 is 60.2 Å². The van der Waals surface area contributed by atoms with Gasteiger partial charge in [0, 0.05) is 121 Å². The maximum absolute atomic E-state index is 12.2. The number of carbonyl (C=O) groups is 5. The Balaban J connectivity index is 0.000000255. The first-order valence-corrected chi connectivity index (χ1v) is 34.3. The van der Waals surface area contributed by atoms with Crippen LogP contribution in [0.25, 0.3) is 0 Å². The molecule has 0 radical (unpaired) electrons. The number of hydrogen-bond acceptors (Lipinski definition) is 13. The van der Waals surface area contributed by atoms with Crippen molar-refractivity contribution in [2.75, 3.05) is 52.4 Å². The molecule has 7 atom stereocenters. The van der Waals surface area contributed by atoms with Crippen LogP contribution in [0, 0.1) is 6.92 Å². The SMILES string of the molecule is CC(C)(C)OC(=O)N1CCCC(=O)CC1.C[C@@H](N)c1ccccc1.C[C@@H](NC1CCCN(C(=O)OC(C)(C)C)CC1)c1ccccc1.C[C@@H](N[C@@H]1CCCN(C(=O)OC(C)(C)C)CC1)c1ccccc1.[CH2+]C(C)(C)OC(=O)N1CCC[C@H](N[C@H](C)c2ccccc2)CC1. The zero-order valence-corrected chi connectivity index (χ0v) is 59.5. The molecular weight excluding hydrogens is 1170 g/mol. The molecule has 4 heterocycles. The van der Waals surface area contributed by atoms with E-state index in [1.165, 1.54) is 22.3 Å². The van der Waals surface area contributed by atoms with Gasteiger partial charge in [-0.2, -0.15) is 0 Å². The number of likely N-dealkylation sites (tertiary alicyclic amines) is 4. The molecule has 0 aliphatic carbocycles. The first-order valence-electron chi connectivity index (χ1n) is 34.3. The van der Waals surface area contributed by atoms with Gasteiger partial charge in [-0.15, -0.1) is 0 Å². The minimum absolute atomic E-state index is 0.159. The molecule has 5 N–H and O–H groups in total. The highest BCUT2D eigenvalue weighted by atomic mass is 16.6. The predicted molar refractivity (Wildman–Crippen MR) is 376 cm³/mol. The Kier molecular flexibility index (Phi) is 33.3. The number of hydrogen-bond donors (Lipinski definition) is 4. The summed E-state index contributed by atoms with van der Waals surface area (Å²) in [6.45, 7) is 38.7. The van der Waals surface area contributed by atoms with Crippen LogP contribution in [0.2, 0.25) is 0 Å². The average Bonchev–Trinajstić information content (AvgIpc) is 2.70. The molecule has 4 aliphatic rings. The zero-order chi connectivity index (χ0) is 68.8. The van der Waals surface area contributed by atoms with Crippen LogP contribution in [0.3, 0.4) is 0 Å². The van der Waals surface area contributed by atoms with Crippen LogP contribution < -0.4 is 21.7 Å². The molecule has 0 aromatic heterocycles. The molecule has 0 saturated carbocycles. The van der Waals surface area contributed by atoms with Gasteiger partial charge in [-0.05, 0) is 176 Å². The van der Waals surface area contributed by atoms with Crippen molar-refractivity contribution in [2.24, 2.45) is 5.73 Å². The highest BCUT2D eigenvalue weighted by Crippen LogP contribution is 2.24. The van der Waals surface area contributed by atoms with Gasteiger partial charge in [-0.3, -0.25) is 4.79 Å². The summed E-state index contributed by atoms with van der Waals surface area (Å²) in [7, 11) is 0. The van der Waals surface area contributed by atoms with Gasteiger partial charge in [0.1, 0.15) is 29.5 Å². The summed E-state index contributed by atoms with van der Waals surface area (Å²) in [5, 5.41) is 11.1. The topological polar surface area (TPSA) is 197 Å². The van der Waals surface area contributed by atoms with E-state index in [-0.39, 0.29) is 36.2 Å². The fourth-order valence-corrected chi connectivity index (χ4v) is 11.1. The molecule has 0 bridgehead atoms. The molecule has 516 valence electrons. The lowest BCUT2D eigenvalue weighted by Gasteiger charge is -2.26. The number of nitrogens with one attached hydrogen (secondary N) is 3. The van der Waals surface area contributed by atoms with E-state index >= 15 is 0 Å². The molecular formula is C76H119N8O9+. The fourth-order valence-electron chi connectivity index (χ4n) is 11.1. The Bertz CT molecular complexity index is 2540. The molecule has 4 aliphatic heterocycles. The molecule has 93 heavy (non-hydrogen) atoms. The molecule has 4 amide bonds. The molecule has 0 spiro atoms. The smallest absolute Gasteiger partial charge is 0.413 e. The molecule has 4 fully saturated rings. The maximum atomic E-state index is 12.2. The Morgan fingerprint density at radius 1 is 0.398 bits per heavy atom. The van der Waals surface area contributed by atoms with Crippen molar-refractivity contribution in [1.82, 2.24) is 35.6 Å². The van der Waals surface area contributed by atoms with Gasteiger partial charge in [0.05, 0.1) is 0 Å². The van der Waals surface area contributed by atoms with Crippen LogP contribution in [-0.4, -0.2) is 143 Å². The van der Waals surface area contributed by atoms with Gasteiger partial charge in [0.25, 0.3) is 0 Å². The largest absolute Gasteiger partial charge is 0.444 e. The Morgan fingerprint density at radius 2 is 0.667 bits per heavy atom. The molecule has 4 aromatic carbocycles. The van der Waals surface area contributed by atoms with Crippen LogP contribution in [0.5, 0.6) is 0 Å². The van der Waals surface area contributed by atoms with E-state index < -0.39 is 22.4 Å². The van der Waals surface area contributed by atoms with Crippen molar-refractivity contribution >= 4 is 30.2 Å². The van der Waals surface area contributed by atoms with Crippen molar-refractivity contribution in [1.29, 1.82) is 0 Å². The first kappa shape index (κ1) is 78.8. The number of amides is 4. The number of nitrogens with two attached hydrogens (primary N) is 1. The molecule has 4 aromatic rings. The van der Waals surface area contributed by atoms with E-state index in [1.807, 2.05) is 132 Å². The van der Waals surface area contributed by atoms with Crippen LogP contribution in [0.15, 0.2) is 121 Å². The van der Waals surface area contributed by atoms with E-state index in [0.717, 1.165) is 103 Å². The lowest BCUT2D eigenvalue weighted by molar-refractivity contribution is -0.118. The van der Waals surface area contributed by atoms with Gasteiger partial charge in [-0.25, -0.2) is 19.2 Å². The molecule has 1 unspecified atom stereocenters. The molecule has 8 rings (SSSR count). The molecule has 17 heteroatoms. The monoisotopic (exact) mass is 1290 g/mol. The third kappa shape index (κ3) is 33.3. The number of ether oxygens (including phenoxy) is 4. The summed E-state index contributed by atoms with van der Waals surface area (Å²) >= 11 is 0. The number of rotatable bonds is 11. The van der Waals surface area contributed by atoms with E-state index in [0.29, 0.717) is 62.2 Å². The summed E-state index contributed by atoms with van der Waals surface area (Å²) in [6, 6.07) is 44.0. The van der Waals surface area contributed by atoms with Crippen molar-refractivity contribution < 1.29 is 42.9 Å². The zero-order valence-electron chi connectivity index (χ0n) is 59.5. The van der Waals surface area contributed by atoms with Gasteiger partial charge in [0.15, 0.2) is 0 Å². The fraction of sp³-hybridized carbons (Fsp3) is 0.605. The first-order chi connectivity index (χ1) is 43.7. The Labute approximate surface area is 560 Å². The van der Waals surface area contributed by atoms with Crippen LogP contribution >= 0.6 is 0 Å². The second-order valence-corrected chi connectivity index (χ2v) is 28.9. The van der Waals surface area contributed by atoms with Crippen molar-refractivity contribution in [3.05, 3.63) is 151 Å². The number of ketones is 1. The van der Waals surface area contributed by atoms with E-state index in [4.69, 9.17) is 24.7 Å². The predicted octanol–water partition coefficient (Wildman–Crippen LogP) is 15.9. The summed E-state index contributed by atoms with van der Waals surface area (Å²) in [4.78, 5) is 66.5. The summed E-state index contributed by atoms with van der Waals surface area (Å²) in [6.07, 6.45) is 10.0. The van der Waals surface area contributed by atoms with Crippen molar-refractivity contribution in [3.8, 4) is 0 Å².